The summed E-state index contributed by atoms with van der Waals surface area (Å²) in [5, 5.41) is 30.8. The van der Waals surface area contributed by atoms with E-state index in [2.05, 4.69) is 0 Å². The van der Waals surface area contributed by atoms with E-state index in [0.717, 1.165) is 12.8 Å². The van der Waals surface area contributed by atoms with Crippen LogP contribution in [0.25, 0.3) is 0 Å². The molecule has 1 saturated carbocycles. The van der Waals surface area contributed by atoms with E-state index in [1.807, 2.05) is 49.4 Å². The number of carbonyl (C=O) groups excluding carboxylic acids is 1. The number of hydrogen-bond donors (Lipinski definition) is 3. The summed E-state index contributed by atoms with van der Waals surface area (Å²) in [5.41, 5.74) is 1.18. The van der Waals surface area contributed by atoms with Crippen molar-refractivity contribution in [2.24, 2.45) is 5.92 Å². The number of rotatable bonds is 11. The highest BCUT2D eigenvalue weighted by Gasteiger charge is 2.44. The second-order valence-electron chi connectivity index (χ2n) is 7.71. The average molecular weight is 391 g/mol. The molecule has 0 aliphatic heterocycles. The van der Waals surface area contributed by atoms with Gasteiger partial charge in [0.25, 0.3) is 0 Å². The first-order chi connectivity index (χ1) is 13.5. The molecular weight excluding hydrogens is 356 g/mol. The Morgan fingerprint density at radius 3 is 2.68 bits per heavy atom. The Morgan fingerprint density at radius 1 is 1.21 bits per heavy atom. The van der Waals surface area contributed by atoms with Crippen molar-refractivity contribution in [1.29, 1.82) is 0 Å². The minimum absolute atomic E-state index is 0.210. The Kier molecular flexibility index (Phi) is 9.68. The van der Waals surface area contributed by atoms with E-state index >= 15 is 0 Å². The molecule has 0 heterocycles. The molecule has 0 saturated heterocycles. The molecule has 156 valence electrons. The molecule has 0 amide bonds. The third-order valence-electron chi connectivity index (χ3n) is 5.48. The molecule has 0 unspecified atom stereocenters. The van der Waals surface area contributed by atoms with Crippen LogP contribution in [0, 0.1) is 5.92 Å². The van der Waals surface area contributed by atoms with Gasteiger partial charge in [-0.15, -0.1) is 0 Å². The number of carbonyl (C=O) groups is 1. The van der Waals surface area contributed by atoms with Crippen molar-refractivity contribution in [2.45, 2.75) is 82.7 Å². The summed E-state index contributed by atoms with van der Waals surface area (Å²) in [6, 6.07) is 10.0. The quantitative estimate of drug-likeness (QED) is 0.307. The lowest BCUT2D eigenvalue weighted by Crippen LogP contribution is -2.33. The summed E-state index contributed by atoms with van der Waals surface area (Å²) in [6.07, 6.45) is 5.72. The van der Waals surface area contributed by atoms with Gasteiger partial charge >= 0.3 is 5.97 Å². The number of aliphatic hydroxyl groups excluding tert-OH is 3. The second kappa shape index (κ2) is 12.0. The van der Waals surface area contributed by atoms with Gasteiger partial charge < -0.3 is 20.1 Å². The third-order valence-corrected chi connectivity index (χ3v) is 5.48. The van der Waals surface area contributed by atoms with Crippen molar-refractivity contribution in [3.8, 4) is 0 Å². The van der Waals surface area contributed by atoms with Gasteiger partial charge in [0.15, 0.2) is 0 Å². The predicted octanol–water partition coefficient (Wildman–Crippen LogP) is 3.16. The summed E-state index contributed by atoms with van der Waals surface area (Å²) >= 11 is 0. The summed E-state index contributed by atoms with van der Waals surface area (Å²) < 4.78 is 5.49. The van der Waals surface area contributed by atoms with E-state index in [1.54, 1.807) is 0 Å². The molecule has 5 atom stereocenters. The molecule has 1 fully saturated rings. The smallest absolute Gasteiger partial charge is 0.306 e. The fourth-order valence-electron chi connectivity index (χ4n) is 3.83. The van der Waals surface area contributed by atoms with Gasteiger partial charge in [-0.1, -0.05) is 42.5 Å². The van der Waals surface area contributed by atoms with Crippen molar-refractivity contribution in [1.82, 2.24) is 0 Å². The van der Waals surface area contributed by atoms with Crippen LogP contribution in [0.4, 0.5) is 0 Å². The SMILES string of the molecule is CC=CCCCC(=O)O[C@@H]1[C@H](CC[C@@H](O)CCc2ccccc2)[C@H](O)C[C@@H]1O. The molecular formula is C23H34O5. The molecule has 1 aliphatic rings. The van der Waals surface area contributed by atoms with Gasteiger partial charge in [-0.05, 0) is 51.0 Å². The maximum atomic E-state index is 12.1. The maximum Gasteiger partial charge on any atom is 0.306 e. The molecule has 1 aliphatic carbocycles. The first-order valence-corrected chi connectivity index (χ1v) is 10.4. The second-order valence-corrected chi connectivity index (χ2v) is 7.71. The number of ether oxygens (including phenoxy) is 1. The van der Waals surface area contributed by atoms with Crippen LogP contribution in [0.2, 0.25) is 0 Å². The molecule has 0 aromatic heterocycles. The number of allylic oxidation sites excluding steroid dienone is 2. The first kappa shape index (κ1) is 22.6. The van der Waals surface area contributed by atoms with Gasteiger partial charge in [0.05, 0.1) is 18.3 Å². The van der Waals surface area contributed by atoms with Crippen molar-refractivity contribution >= 4 is 5.97 Å². The Balaban J connectivity index is 1.78. The number of unbranched alkanes of at least 4 members (excludes halogenated alkanes) is 1. The standard InChI is InChI=1S/C23H34O5/c1-2-3-4-8-11-22(27)28-23-19(20(25)16-21(23)26)15-14-18(24)13-12-17-9-6-5-7-10-17/h2-3,5-7,9-10,18-21,23-26H,4,8,11-16H2,1H3/t18-,19+,20+,21-,23+/m0/s1. The van der Waals surface area contributed by atoms with Crippen molar-refractivity contribution in [3.05, 3.63) is 48.0 Å². The van der Waals surface area contributed by atoms with Crippen molar-refractivity contribution in [3.63, 3.8) is 0 Å². The van der Waals surface area contributed by atoms with Gasteiger partial charge in [-0.25, -0.2) is 0 Å². The monoisotopic (exact) mass is 390 g/mol. The normalized spacial score (nSPS) is 25.9. The van der Waals surface area contributed by atoms with Crippen LogP contribution in [0.15, 0.2) is 42.5 Å². The molecule has 5 heteroatoms. The molecule has 0 radical (unpaired) electrons. The zero-order valence-corrected chi connectivity index (χ0v) is 16.7. The molecule has 0 spiro atoms. The Morgan fingerprint density at radius 2 is 1.96 bits per heavy atom. The van der Waals surface area contributed by atoms with Crippen LogP contribution < -0.4 is 0 Å². The zero-order valence-electron chi connectivity index (χ0n) is 16.7. The van der Waals surface area contributed by atoms with E-state index < -0.39 is 24.4 Å². The van der Waals surface area contributed by atoms with Crippen LogP contribution in [-0.4, -0.2) is 45.7 Å². The summed E-state index contributed by atoms with van der Waals surface area (Å²) in [6.45, 7) is 1.94. The van der Waals surface area contributed by atoms with E-state index in [4.69, 9.17) is 4.74 Å². The lowest BCUT2D eigenvalue weighted by molar-refractivity contribution is -0.157. The Bertz CT molecular complexity index is 600. The van der Waals surface area contributed by atoms with Gasteiger partial charge in [-0.2, -0.15) is 0 Å². The minimum atomic E-state index is -0.846. The van der Waals surface area contributed by atoms with E-state index in [0.29, 0.717) is 32.1 Å². The fraction of sp³-hybridized carbons (Fsp3) is 0.609. The molecule has 28 heavy (non-hydrogen) atoms. The van der Waals surface area contributed by atoms with Gasteiger partial charge in [0.1, 0.15) is 6.10 Å². The lowest BCUT2D eigenvalue weighted by atomic mass is 9.93. The number of benzene rings is 1. The Hall–Kier alpha value is -1.69. The van der Waals surface area contributed by atoms with E-state index in [1.165, 1.54) is 5.56 Å². The third kappa shape index (κ3) is 7.38. The van der Waals surface area contributed by atoms with Crippen LogP contribution in [0.5, 0.6) is 0 Å². The summed E-state index contributed by atoms with van der Waals surface area (Å²) in [4.78, 5) is 12.1. The fourth-order valence-corrected chi connectivity index (χ4v) is 3.83. The van der Waals surface area contributed by atoms with Gasteiger partial charge in [0, 0.05) is 18.8 Å². The molecule has 2 rings (SSSR count). The summed E-state index contributed by atoms with van der Waals surface area (Å²) in [5.74, 6) is -0.668. The highest BCUT2D eigenvalue weighted by Crippen LogP contribution is 2.33. The average Bonchev–Trinajstić information content (AvgIpc) is 2.95. The van der Waals surface area contributed by atoms with E-state index in [-0.39, 0.29) is 18.3 Å². The lowest BCUT2D eigenvalue weighted by Gasteiger charge is -2.24. The van der Waals surface area contributed by atoms with Crippen LogP contribution in [-0.2, 0) is 16.0 Å². The molecule has 0 bridgehead atoms. The molecule has 1 aromatic carbocycles. The van der Waals surface area contributed by atoms with Gasteiger partial charge in [-0.3, -0.25) is 4.79 Å². The molecule has 1 aromatic rings. The van der Waals surface area contributed by atoms with Crippen LogP contribution in [0.1, 0.15) is 57.4 Å². The first-order valence-electron chi connectivity index (χ1n) is 10.4. The summed E-state index contributed by atoms with van der Waals surface area (Å²) in [7, 11) is 0. The number of hydrogen-bond acceptors (Lipinski definition) is 5. The van der Waals surface area contributed by atoms with Crippen molar-refractivity contribution in [2.75, 3.05) is 0 Å². The van der Waals surface area contributed by atoms with E-state index in [9.17, 15) is 20.1 Å². The van der Waals surface area contributed by atoms with Crippen LogP contribution >= 0.6 is 0 Å². The zero-order chi connectivity index (χ0) is 20.4. The Labute approximate surface area is 168 Å². The minimum Gasteiger partial charge on any atom is -0.459 e. The predicted molar refractivity (Wildman–Crippen MR) is 109 cm³/mol. The van der Waals surface area contributed by atoms with Gasteiger partial charge in [0.2, 0.25) is 0 Å². The largest absolute Gasteiger partial charge is 0.459 e. The maximum absolute atomic E-state index is 12.1. The highest BCUT2D eigenvalue weighted by molar-refractivity contribution is 5.69. The topological polar surface area (TPSA) is 87.0 Å². The molecule has 3 N–H and O–H groups in total. The highest BCUT2D eigenvalue weighted by atomic mass is 16.6. The molecule has 5 nitrogen and oxygen atoms in total. The number of aliphatic hydroxyl groups is 3. The van der Waals surface area contributed by atoms with Crippen molar-refractivity contribution < 1.29 is 24.9 Å². The number of esters is 1. The van der Waals surface area contributed by atoms with Crippen LogP contribution in [0.3, 0.4) is 0 Å². The number of aryl methyl sites for hydroxylation is 1.